The average Bonchev–Trinajstić information content (AvgIpc) is 3.30. The molecule has 1 fully saturated rings. The van der Waals surface area contributed by atoms with Crippen LogP contribution in [0.25, 0.3) is 0 Å². The van der Waals surface area contributed by atoms with E-state index in [9.17, 15) is 23.1 Å². The van der Waals surface area contributed by atoms with Crippen molar-refractivity contribution < 1.29 is 23.1 Å². The standard InChI is InChI=1S/C25H32F3N3O2S/c1-18(32)17-34-29-22-7-5-6-20(15-22)23(16-31-12-3-4-13-31)30(2)24(33)14-19-8-10-21(11-9-19)25(26,27)28/h5-11,15,18,23,29,32H,3-4,12-14,16-17H2,1-2H3. The van der Waals surface area contributed by atoms with Crippen LogP contribution in [-0.4, -0.2) is 59.4 Å². The molecular formula is C25H32F3N3O2S. The smallest absolute Gasteiger partial charge is 0.392 e. The molecule has 0 radical (unpaired) electrons. The fourth-order valence-corrected chi connectivity index (χ4v) is 4.62. The van der Waals surface area contributed by atoms with Crippen LogP contribution in [-0.2, 0) is 17.4 Å². The van der Waals surface area contributed by atoms with Crippen molar-refractivity contribution in [2.24, 2.45) is 0 Å². The van der Waals surface area contributed by atoms with Crippen LogP contribution in [0, 0.1) is 0 Å². The molecule has 1 saturated heterocycles. The lowest BCUT2D eigenvalue weighted by atomic mass is 10.0. The van der Waals surface area contributed by atoms with E-state index in [4.69, 9.17) is 0 Å². The maximum atomic E-state index is 13.2. The number of aliphatic hydroxyl groups excluding tert-OH is 1. The fraction of sp³-hybridized carbons (Fsp3) is 0.480. The van der Waals surface area contributed by atoms with Crippen LogP contribution >= 0.6 is 11.9 Å². The predicted molar refractivity (Wildman–Crippen MR) is 131 cm³/mol. The summed E-state index contributed by atoms with van der Waals surface area (Å²) in [7, 11) is 1.76. The molecular weight excluding hydrogens is 463 g/mol. The summed E-state index contributed by atoms with van der Waals surface area (Å²) in [5.74, 6) is 0.401. The Bertz CT molecular complexity index is 932. The number of amides is 1. The minimum atomic E-state index is -4.40. The maximum absolute atomic E-state index is 13.2. The summed E-state index contributed by atoms with van der Waals surface area (Å²) in [6.45, 7) is 4.40. The molecule has 1 amide bonds. The average molecular weight is 496 g/mol. The number of anilines is 1. The van der Waals surface area contributed by atoms with Gasteiger partial charge in [0, 0.05) is 25.0 Å². The molecule has 0 saturated carbocycles. The lowest BCUT2D eigenvalue weighted by molar-refractivity contribution is -0.137. The monoisotopic (exact) mass is 495 g/mol. The van der Waals surface area contributed by atoms with Gasteiger partial charge in [-0.15, -0.1) is 0 Å². The third kappa shape index (κ3) is 7.65. The van der Waals surface area contributed by atoms with Crippen molar-refractivity contribution in [1.29, 1.82) is 0 Å². The van der Waals surface area contributed by atoms with Gasteiger partial charge >= 0.3 is 6.18 Å². The number of halogens is 3. The second kappa shape index (κ2) is 12.0. The summed E-state index contributed by atoms with van der Waals surface area (Å²) >= 11 is 1.42. The molecule has 34 heavy (non-hydrogen) atoms. The zero-order chi connectivity index (χ0) is 24.7. The molecule has 5 nitrogen and oxygen atoms in total. The summed E-state index contributed by atoms with van der Waals surface area (Å²) in [5.41, 5.74) is 1.70. The Kier molecular flexibility index (Phi) is 9.27. The largest absolute Gasteiger partial charge is 0.416 e. The molecule has 0 aliphatic carbocycles. The van der Waals surface area contributed by atoms with Crippen molar-refractivity contribution in [3.05, 3.63) is 65.2 Å². The van der Waals surface area contributed by atoms with E-state index < -0.39 is 17.8 Å². The third-order valence-electron chi connectivity index (χ3n) is 5.91. The van der Waals surface area contributed by atoms with Crippen LogP contribution in [0.1, 0.15) is 42.5 Å². The molecule has 9 heteroatoms. The Morgan fingerprint density at radius 2 is 1.85 bits per heavy atom. The second-order valence-electron chi connectivity index (χ2n) is 8.79. The number of nitrogens with zero attached hydrogens (tertiary/aromatic N) is 2. The van der Waals surface area contributed by atoms with Crippen molar-refractivity contribution in [2.45, 2.75) is 44.5 Å². The number of likely N-dealkylation sites (N-methyl/N-ethyl adjacent to an activating group) is 1. The molecule has 1 aliphatic rings. The molecule has 0 aromatic heterocycles. The van der Waals surface area contributed by atoms with Crippen LogP contribution < -0.4 is 4.72 Å². The minimum Gasteiger partial charge on any atom is -0.392 e. The summed E-state index contributed by atoms with van der Waals surface area (Å²) in [4.78, 5) is 17.2. The van der Waals surface area contributed by atoms with Crippen LogP contribution in [0.3, 0.4) is 0 Å². The first-order chi connectivity index (χ1) is 16.1. The summed E-state index contributed by atoms with van der Waals surface area (Å²) in [6.07, 6.45) is -2.52. The lowest BCUT2D eigenvalue weighted by Crippen LogP contribution is -2.39. The number of aliphatic hydroxyl groups is 1. The summed E-state index contributed by atoms with van der Waals surface area (Å²) < 4.78 is 41.8. The van der Waals surface area contributed by atoms with Crippen molar-refractivity contribution in [1.82, 2.24) is 9.80 Å². The first-order valence-corrected chi connectivity index (χ1v) is 12.4. The van der Waals surface area contributed by atoms with Gasteiger partial charge in [-0.2, -0.15) is 13.2 Å². The van der Waals surface area contributed by atoms with E-state index in [1.807, 2.05) is 24.3 Å². The first-order valence-electron chi connectivity index (χ1n) is 11.4. The van der Waals surface area contributed by atoms with E-state index >= 15 is 0 Å². The van der Waals surface area contributed by atoms with E-state index in [2.05, 4.69) is 9.62 Å². The molecule has 0 bridgehead atoms. The molecule has 0 spiro atoms. The molecule has 2 unspecified atom stereocenters. The number of likely N-dealkylation sites (tertiary alicyclic amines) is 1. The molecule has 3 rings (SSSR count). The first kappa shape index (κ1) is 26.4. The lowest BCUT2D eigenvalue weighted by Gasteiger charge is -2.32. The molecule has 1 aliphatic heterocycles. The van der Waals surface area contributed by atoms with Gasteiger partial charge in [0.15, 0.2) is 0 Å². The second-order valence-corrected chi connectivity index (χ2v) is 9.61. The van der Waals surface area contributed by atoms with E-state index in [0.717, 1.165) is 49.3 Å². The van der Waals surface area contributed by atoms with Crippen LogP contribution in [0.2, 0.25) is 0 Å². The van der Waals surface area contributed by atoms with Crippen LogP contribution in [0.5, 0.6) is 0 Å². The third-order valence-corrected chi connectivity index (χ3v) is 6.94. The van der Waals surface area contributed by atoms with Gasteiger partial charge in [-0.3, -0.25) is 4.79 Å². The fourth-order valence-electron chi connectivity index (χ4n) is 4.00. The Morgan fingerprint density at radius 1 is 1.18 bits per heavy atom. The van der Waals surface area contributed by atoms with Gasteiger partial charge in [0.2, 0.25) is 5.91 Å². The quantitative estimate of drug-likeness (QED) is 0.455. The summed E-state index contributed by atoms with van der Waals surface area (Å²) in [6, 6.07) is 12.5. The molecule has 1 heterocycles. The number of rotatable bonds is 10. The number of carbonyl (C=O) groups is 1. The molecule has 186 valence electrons. The molecule has 2 N–H and O–H groups in total. The van der Waals surface area contributed by atoms with Crippen LogP contribution in [0.4, 0.5) is 18.9 Å². The number of hydrogen-bond acceptors (Lipinski definition) is 5. The zero-order valence-electron chi connectivity index (χ0n) is 19.5. The number of carbonyl (C=O) groups excluding carboxylic acids is 1. The van der Waals surface area contributed by atoms with Gasteiger partial charge in [0.25, 0.3) is 0 Å². The number of alkyl halides is 3. The highest BCUT2D eigenvalue weighted by molar-refractivity contribution is 8.00. The minimum absolute atomic E-state index is 0.0350. The van der Waals surface area contributed by atoms with Gasteiger partial charge in [0.1, 0.15) is 0 Å². The highest BCUT2D eigenvalue weighted by atomic mass is 32.2. The Morgan fingerprint density at radius 3 is 2.47 bits per heavy atom. The summed E-state index contributed by atoms with van der Waals surface area (Å²) in [5, 5.41) is 9.48. The van der Waals surface area contributed by atoms with Gasteiger partial charge < -0.3 is 19.6 Å². The molecule has 2 atom stereocenters. The SMILES string of the molecule is CC(O)CSNc1cccc(C(CN2CCCC2)N(C)C(=O)Cc2ccc(C(F)(F)F)cc2)c1. The topological polar surface area (TPSA) is 55.8 Å². The molecule has 2 aromatic carbocycles. The van der Waals surface area contributed by atoms with Gasteiger partial charge in [0.05, 0.1) is 24.1 Å². The van der Waals surface area contributed by atoms with Gasteiger partial charge in [-0.1, -0.05) is 36.2 Å². The van der Waals surface area contributed by atoms with Crippen molar-refractivity contribution in [3.8, 4) is 0 Å². The van der Waals surface area contributed by atoms with Crippen molar-refractivity contribution in [2.75, 3.05) is 37.2 Å². The number of benzene rings is 2. The van der Waals surface area contributed by atoms with Crippen molar-refractivity contribution in [3.63, 3.8) is 0 Å². The maximum Gasteiger partial charge on any atom is 0.416 e. The van der Waals surface area contributed by atoms with Crippen molar-refractivity contribution >= 4 is 23.5 Å². The molecule has 2 aromatic rings. The normalized spacial score (nSPS) is 16.3. The van der Waals surface area contributed by atoms with E-state index in [-0.39, 0.29) is 18.4 Å². The van der Waals surface area contributed by atoms with E-state index in [1.165, 1.54) is 24.1 Å². The zero-order valence-corrected chi connectivity index (χ0v) is 20.3. The van der Waals surface area contributed by atoms with E-state index in [0.29, 0.717) is 17.9 Å². The number of hydrogen-bond donors (Lipinski definition) is 2. The Labute approximate surface area is 203 Å². The van der Waals surface area contributed by atoms with Gasteiger partial charge in [-0.25, -0.2) is 0 Å². The van der Waals surface area contributed by atoms with Crippen LogP contribution in [0.15, 0.2) is 48.5 Å². The number of nitrogens with one attached hydrogen (secondary N) is 1. The predicted octanol–water partition coefficient (Wildman–Crippen LogP) is 4.98. The van der Waals surface area contributed by atoms with E-state index in [1.54, 1.807) is 18.9 Å². The Balaban J connectivity index is 1.74. The van der Waals surface area contributed by atoms with Gasteiger partial charge in [-0.05, 0) is 68.2 Å². The highest BCUT2D eigenvalue weighted by Crippen LogP contribution is 2.30. The Hall–Kier alpha value is -2.23. The highest BCUT2D eigenvalue weighted by Gasteiger charge is 2.30.